The summed E-state index contributed by atoms with van der Waals surface area (Å²) >= 11 is 3.17. The van der Waals surface area contributed by atoms with Crippen LogP contribution in [0.1, 0.15) is 22.3 Å². The van der Waals surface area contributed by atoms with Crippen LogP contribution in [0.3, 0.4) is 0 Å². The van der Waals surface area contributed by atoms with Gasteiger partial charge in [-0.1, -0.05) is 23.9 Å². The Morgan fingerprint density at radius 3 is 2.53 bits per heavy atom. The van der Waals surface area contributed by atoms with E-state index >= 15 is 0 Å². The minimum Gasteiger partial charge on any atom is -0.267 e. The van der Waals surface area contributed by atoms with Crippen LogP contribution in [0.5, 0.6) is 0 Å². The van der Waals surface area contributed by atoms with Crippen molar-refractivity contribution in [1.82, 2.24) is 9.78 Å². The van der Waals surface area contributed by atoms with Crippen molar-refractivity contribution >= 4 is 45.5 Å². The highest BCUT2D eigenvalue weighted by molar-refractivity contribution is 8.18. The SMILES string of the molecule is CSC1=NCS/C1=C\c1ccc2nn(Cc3ccc(C(F)(F)F)cc3C(F)(F)F)cc2c1. The minimum absolute atomic E-state index is 0.146. The number of fused-ring (bicyclic) bond motifs is 1. The lowest BCUT2D eigenvalue weighted by Crippen LogP contribution is -2.15. The molecule has 4 rings (SSSR count). The highest BCUT2D eigenvalue weighted by atomic mass is 32.2. The maximum atomic E-state index is 13.4. The average Bonchev–Trinajstić information content (AvgIpc) is 3.32. The molecule has 32 heavy (non-hydrogen) atoms. The van der Waals surface area contributed by atoms with E-state index in [-0.39, 0.29) is 18.2 Å². The van der Waals surface area contributed by atoms with Crippen LogP contribution in [0, 0.1) is 0 Å². The first-order chi connectivity index (χ1) is 15.0. The van der Waals surface area contributed by atoms with E-state index in [9.17, 15) is 26.3 Å². The van der Waals surface area contributed by atoms with Gasteiger partial charge in [0.05, 0.1) is 29.1 Å². The zero-order chi connectivity index (χ0) is 23.1. The summed E-state index contributed by atoms with van der Waals surface area (Å²) in [6.07, 6.45) is -4.26. The van der Waals surface area contributed by atoms with Crippen molar-refractivity contribution in [3.8, 4) is 0 Å². The topological polar surface area (TPSA) is 30.2 Å². The van der Waals surface area contributed by atoms with Crippen molar-refractivity contribution in [2.24, 2.45) is 4.99 Å². The van der Waals surface area contributed by atoms with Crippen molar-refractivity contribution in [2.45, 2.75) is 18.9 Å². The Balaban J connectivity index is 1.65. The molecule has 0 fully saturated rings. The van der Waals surface area contributed by atoms with Gasteiger partial charge in [-0.25, -0.2) is 0 Å². The third kappa shape index (κ3) is 4.83. The van der Waals surface area contributed by atoms with E-state index < -0.39 is 23.5 Å². The van der Waals surface area contributed by atoms with Gasteiger partial charge >= 0.3 is 12.4 Å². The highest BCUT2D eigenvalue weighted by Crippen LogP contribution is 2.38. The molecule has 0 saturated heterocycles. The molecule has 168 valence electrons. The molecule has 0 unspecified atom stereocenters. The maximum absolute atomic E-state index is 13.4. The van der Waals surface area contributed by atoms with Crippen molar-refractivity contribution < 1.29 is 26.3 Å². The fourth-order valence-electron chi connectivity index (χ4n) is 3.32. The number of benzene rings is 2. The molecule has 2 aromatic carbocycles. The lowest BCUT2D eigenvalue weighted by atomic mass is 10.0. The summed E-state index contributed by atoms with van der Waals surface area (Å²) in [5, 5.41) is 5.94. The predicted molar refractivity (Wildman–Crippen MR) is 117 cm³/mol. The molecule has 0 N–H and O–H groups in total. The molecular weight excluding hydrogens is 472 g/mol. The summed E-state index contributed by atoms with van der Waals surface area (Å²) in [5.41, 5.74) is -1.47. The van der Waals surface area contributed by atoms with Gasteiger partial charge in [-0.3, -0.25) is 9.67 Å². The number of hydrogen-bond donors (Lipinski definition) is 0. The maximum Gasteiger partial charge on any atom is 0.416 e. The monoisotopic (exact) mass is 487 g/mol. The van der Waals surface area contributed by atoms with Gasteiger partial charge in [-0.2, -0.15) is 31.4 Å². The van der Waals surface area contributed by atoms with E-state index in [1.165, 1.54) is 4.68 Å². The fourth-order valence-corrected chi connectivity index (χ4v) is 5.02. The van der Waals surface area contributed by atoms with Gasteiger partial charge in [-0.05, 0) is 47.7 Å². The van der Waals surface area contributed by atoms with E-state index in [4.69, 9.17) is 0 Å². The number of nitrogens with zero attached hydrogens (tertiary/aromatic N) is 3. The number of alkyl halides is 6. The predicted octanol–water partition coefficient (Wildman–Crippen LogP) is 6.93. The van der Waals surface area contributed by atoms with Crippen LogP contribution in [0.2, 0.25) is 0 Å². The fraction of sp³-hybridized carbons (Fsp3) is 0.238. The largest absolute Gasteiger partial charge is 0.416 e. The van der Waals surface area contributed by atoms with Crippen molar-refractivity contribution in [2.75, 3.05) is 12.1 Å². The van der Waals surface area contributed by atoms with Gasteiger partial charge in [0.25, 0.3) is 0 Å². The van der Waals surface area contributed by atoms with E-state index in [0.717, 1.165) is 21.6 Å². The first kappa shape index (κ1) is 22.8. The van der Waals surface area contributed by atoms with Gasteiger partial charge in [-0.15, -0.1) is 11.8 Å². The Bertz CT molecular complexity index is 1220. The molecule has 0 aliphatic carbocycles. The van der Waals surface area contributed by atoms with Crippen molar-refractivity contribution in [1.29, 1.82) is 0 Å². The standard InChI is InChI=1S/C21H15F6N3S2/c1-31-19-18(32-11-28-19)7-12-2-5-17-14(6-12)10-30(29-17)9-13-3-4-15(20(22,23)24)8-16(13)21(25,26)27/h2-8,10H,9,11H2,1H3/b18-7-. The van der Waals surface area contributed by atoms with Crippen LogP contribution < -0.4 is 0 Å². The second kappa shape index (κ2) is 8.51. The Hall–Kier alpha value is -2.40. The van der Waals surface area contributed by atoms with Crippen LogP contribution in [-0.2, 0) is 18.9 Å². The Labute approximate surface area is 187 Å². The smallest absolute Gasteiger partial charge is 0.267 e. The summed E-state index contributed by atoms with van der Waals surface area (Å²) in [6, 6.07) is 7.12. The molecule has 0 saturated carbocycles. The minimum atomic E-state index is -4.92. The summed E-state index contributed by atoms with van der Waals surface area (Å²) in [5.74, 6) is 0.664. The first-order valence-corrected chi connectivity index (χ1v) is 11.4. The summed E-state index contributed by atoms with van der Waals surface area (Å²) in [4.78, 5) is 5.44. The molecule has 0 radical (unpaired) electrons. The van der Waals surface area contributed by atoms with Crippen LogP contribution >= 0.6 is 23.5 Å². The highest BCUT2D eigenvalue weighted by Gasteiger charge is 2.38. The van der Waals surface area contributed by atoms with Crippen LogP contribution in [0.15, 0.2) is 52.5 Å². The van der Waals surface area contributed by atoms with Gasteiger partial charge in [0.15, 0.2) is 0 Å². The van der Waals surface area contributed by atoms with Gasteiger partial charge in [0.1, 0.15) is 5.04 Å². The Morgan fingerprint density at radius 2 is 1.84 bits per heavy atom. The summed E-state index contributed by atoms with van der Waals surface area (Å²) in [6.45, 7) is -0.308. The molecule has 1 aliphatic heterocycles. The average molecular weight is 487 g/mol. The number of aliphatic imine (C=N–C) groups is 1. The second-order valence-corrected chi connectivity index (χ2v) is 8.74. The number of thioether (sulfide) groups is 2. The third-order valence-corrected chi connectivity index (χ3v) is 6.53. The molecule has 0 amide bonds. The molecule has 1 aliphatic rings. The Morgan fingerprint density at radius 1 is 1.06 bits per heavy atom. The van der Waals surface area contributed by atoms with Crippen molar-refractivity contribution in [3.05, 3.63) is 69.8 Å². The van der Waals surface area contributed by atoms with Gasteiger partial charge in [0.2, 0.25) is 0 Å². The quantitative estimate of drug-likeness (QED) is 0.376. The van der Waals surface area contributed by atoms with E-state index in [2.05, 4.69) is 10.1 Å². The summed E-state index contributed by atoms with van der Waals surface area (Å²) < 4.78 is 80.2. The van der Waals surface area contributed by atoms with E-state index in [1.54, 1.807) is 35.8 Å². The lowest BCUT2D eigenvalue weighted by Gasteiger charge is -2.16. The van der Waals surface area contributed by atoms with Crippen LogP contribution in [0.25, 0.3) is 17.0 Å². The number of hydrogen-bond acceptors (Lipinski definition) is 4. The third-order valence-electron chi connectivity index (χ3n) is 4.78. The molecule has 11 heteroatoms. The number of halogens is 6. The summed E-state index contributed by atoms with van der Waals surface area (Å²) in [7, 11) is 0. The van der Waals surface area contributed by atoms with E-state index in [1.807, 2.05) is 24.5 Å². The molecule has 3 nitrogen and oxygen atoms in total. The molecular formula is C21H15F6N3S2. The van der Waals surface area contributed by atoms with Crippen LogP contribution in [-0.4, -0.2) is 27.0 Å². The Kier molecular flexibility index (Phi) is 6.06. The zero-order valence-corrected chi connectivity index (χ0v) is 18.1. The second-order valence-electron chi connectivity index (χ2n) is 6.96. The van der Waals surface area contributed by atoms with E-state index in [0.29, 0.717) is 22.8 Å². The lowest BCUT2D eigenvalue weighted by molar-refractivity contribution is -0.143. The van der Waals surface area contributed by atoms with Gasteiger partial charge in [0, 0.05) is 16.5 Å². The normalized spacial score (nSPS) is 16.2. The number of aromatic nitrogens is 2. The zero-order valence-electron chi connectivity index (χ0n) is 16.5. The molecule has 2 heterocycles. The molecule has 0 spiro atoms. The van der Waals surface area contributed by atoms with Crippen molar-refractivity contribution in [3.63, 3.8) is 0 Å². The first-order valence-electron chi connectivity index (χ1n) is 9.22. The molecule has 1 aromatic heterocycles. The molecule has 0 bridgehead atoms. The molecule has 3 aromatic rings. The molecule has 0 atom stereocenters. The van der Waals surface area contributed by atoms with Crippen LogP contribution in [0.4, 0.5) is 26.3 Å². The van der Waals surface area contributed by atoms with Gasteiger partial charge < -0.3 is 0 Å². The number of rotatable bonds is 3.